The SMILES string of the molecule is CCCOc1cccc(C(C)(C)c2cccc(OCCC)c2O)c1O. The van der Waals surface area contributed by atoms with Crippen molar-refractivity contribution >= 4 is 0 Å². The molecule has 2 N–H and O–H groups in total. The molecule has 136 valence electrons. The van der Waals surface area contributed by atoms with Crippen LogP contribution >= 0.6 is 0 Å². The van der Waals surface area contributed by atoms with Gasteiger partial charge >= 0.3 is 0 Å². The average molecular weight is 344 g/mol. The smallest absolute Gasteiger partial charge is 0.161 e. The van der Waals surface area contributed by atoms with Crippen LogP contribution in [0, 0.1) is 0 Å². The molecule has 0 fully saturated rings. The molecule has 0 aliphatic heterocycles. The van der Waals surface area contributed by atoms with Crippen molar-refractivity contribution in [1.82, 2.24) is 0 Å². The third-order valence-electron chi connectivity index (χ3n) is 4.27. The van der Waals surface area contributed by atoms with Gasteiger partial charge in [0.2, 0.25) is 0 Å². The maximum atomic E-state index is 10.7. The van der Waals surface area contributed by atoms with Gasteiger partial charge in [0.1, 0.15) is 0 Å². The summed E-state index contributed by atoms with van der Waals surface area (Å²) < 4.78 is 11.3. The number of para-hydroxylation sites is 2. The zero-order valence-electron chi connectivity index (χ0n) is 15.5. The van der Waals surface area contributed by atoms with Gasteiger partial charge in [-0.1, -0.05) is 52.0 Å². The molecule has 0 bridgehead atoms. The maximum Gasteiger partial charge on any atom is 0.161 e. The van der Waals surface area contributed by atoms with Gasteiger partial charge in [-0.15, -0.1) is 0 Å². The van der Waals surface area contributed by atoms with Crippen LogP contribution in [-0.4, -0.2) is 23.4 Å². The molecule has 0 aromatic heterocycles. The molecule has 0 aliphatic carbocycles. The van der Waals surface area contributed by atoms with Gasteiger partial charge < -0.3 is 19.7 Å². The summed E-state index contributed by atoms with van der Waals surface area (Å²) in [5.41, 5.74) is 0.777. The first-order chi connectivity index (χ1) is 11.9. The summed E-state index contributed by atoms with van der Waals surface area (Å²) in [6.45, 7) is 9.05. The summed E-state index contributed by atoms with van der Waals surface area (Å²) in [6.07, 6.45) is 1.73. The molecule has 0 unspecified atom stereocenters. The van der Waals surface area contributed by atoms with E-state index in [-0.39, 0.29) is 11.5 Å². The summed E-state index contributed by atoms with van der Waals surface area (Å²) in [4.78, 5) is 0. The topological polar surface area (TPSA) is 58.9 Å². The van der Waals surface area contributed by atoms with Crippen molar-refractivity contribution in [3.05, 3.63) is 47.5 Å². The number of benzene rings is 2. The van der Waals surface area contributed by atoms with Crippen molar-refractivity contribution < 1.29 is 19.7 Å². The second-order valence-electron chi connectivity index (χ2n) is 6.63. The zero-order chi connectivity index (χ0) is 18.4. The predicted molar refractivity (Wildman–Crippen MR) is 99.9 cm³/mol. The van der Waals surface area contributed by atoms with Gasteiger partial charge in [-0.3, -0.25) is 0 Å². The first kappa shape index (κ1) is 19.0. The van der Waals surface area contributed by atoms with E-state index >= 15 is 0 Å². The number of ether oxygens (including phenoxy) is 2. The molecule has 0 heterocycles. The second-order valence-corrected chi connectivity index (χ2v) is 6.63. The van der Waals surface area contributed by atoms with Crippen molar-refractivity contribution in [3.8, 4) is 23.0 Å². The lowest BCUT2D eigenvalue weighted by Crippen LogP contribution is -2.20. The molecule has 2 rings (SSSR count). The largest absolute Gasteiger partial charge is 0.504 e. The standard InChI is InChI=1S/C21H28O4/c1-5-13-24-17-11-7-9-15(19(17)22)21(3,4)16-10-8-12-18(20(16)23)25-14-6-2/h7-12,22-23H,5-6,13-14H2,1-4H3. The minimum atomic E-state index is -0.620. The highest BCUT2D eigenvalue weighted by molar-refractivity contribution is 5.57. The summed E-state index contributed by atoms with van der Waals surface area (Å²) in [6, 6.07) is 10.9. The number of phenols is 2. The van der Waals surface area contributed by atoms with Crippen molar-refractivity contribution in [2.75, 3.05) is 13.2 Å². The fourth-order valence-electron chi connectivity index (χ4n) is 2.86. The van der Waals surface area contributed by atoms with Crippen molar-refractivity contribution in [1.29, 1.82) is 0 Å². The van der Waals surface area contributed by atoms with E-state index in [2.05, 4.69) is 0 Å². The normalized spacial score (nSPS) is 11.4. The molecule has 0 saturated carbocycles. The van der Waals surface area contributed by atoms with Crippen LogP contribution < -0.4 is 9.47 Å². The molecule has 25 heavy (non-hydrogen) atoms. The first-order valence-corrected chi connectivity index (χ1v) is 8.84. The summed E-state index contributed by atoms with van der Waals surface area (Å²) in [5, 5.41) is 21.4. The Labute approximate surface area is 150 Å². The molecular formula is C21H28O4. The Hall–Kier alpha value is -2.36. The van der Waals surface area contributed by atoms with Crippen molar-refractivity contribution in [2.45, 2.75) is 46.0 Å². The Balaban J connectivity index is 2.45. The Morgan fingerprint density at radius 3 is 1.52 bits per heavy atom. The Morgan fingerprint density at radius 2 is 1.16 bits per heavy atom. The van der Waals surface area contributed by atoms with Gasteiger partial charge in [0.05, 0.1) is 13.2 Å². The highest BCUT2D eigenvalue weighted by Gasteiger charge is 2.31. The molecule has 0 atom stereocenters. The van der Waals surface area contributed by atoms with Crippen molar-refractivity contribution in [2.24, 2.45) is 0 Å². The van der Waals surface area contributed by atoms with E-state index in [4.69, 9.17) is 9.47 Å². The minimum Gasteiger partial charge on any atom is -0.504 e. The molecular weight excluding hydrogens is 316 g/mol. The molecule has 2 aromatic carbocycles. The van der Waals surface area contributed by atoms with Crippen LogP contribution in [0.1, 0.15) is 51.7 Å². The Morgan fingerprint density at radius 1 is 0.760 bits per heavy atom. The van der Waals surface area contributed by atoms with Gasteiger partial charge in [-0.2, -0.15) is 0 Å². The van der Waals surface area contributed by atoms with Gasteiger partial charge in [0.15, 0.2) is 23.0 Å². The van der Waals surface area contributed by atoms with Gasteiger partial charge in [-0.05, 0) is 25.0 Å². The van der Waals surface area contributed by atoms with Crippen LogP contribution in [0.25, 0.3) is 0 Å². The van der Waals surface area contributed by atoms with E-state index in [1.165, 1.54) is 0 Å². The van der Waals surface area contributed by atoms with Crippen LogP contribution in [0.5, 0.6) is 23.0 Å². The van der Waals surface area contributed by atoms with E-state index in [1.807, 2.05) is 52.0 Å². The Bertz CT molecular complexity index is 648. The van der Waals surface area contributed by atoms with Crippen LogP contribution in [0.3, 0.4) is 0 Å². The van der Waals surface area contributed by atoms with Gasteiger partial charge in [-0.25, -0.2) is 0 Å². The van der Waals surface area contributed by atoms with Crippen LogP contribution in [0.4, 0.5) is 0 Å². The van der Waals surface area contributed by atoms with Crippen molar-refractivity contribution in [3.63, 3.8) is 0 Å². The molecule has 4 heteroatoms. The van der Waals surface area contributed by atoms with Gasteiger partial charge in [0, 0.05) is 16.5 Å². The fourth-order valence-corrected chi connectivity index (χ4v) is 2.86. The van der Waals surface area contributed by atoms with E-state index in [0.29, 0.717) is 35.8 Å². The molecule has 0 amide bonds. The fraction of sp³-hybridized carbons (Fsp3) is 0.429. The number of phenolic OH excluding ortho intramolecular Hbond substituents is 2. The Kier molecular flexibility index (Phi) is 6.18. The second kappa shape index (κ2) is 8.15. The molecule has 0 saturated heterocycles. The van der Waals surface area contributed by atoms with Crippen LogP contribution in [0.2, 0.25) is 0 Å². The first-order valence-electron chi connectivity index (χ1n) is 8.84. The number of hydrogen-bond donors (Lipinski definition) is 2. The van der Waals surface area contributed by atoms with E-state index < -0.39 is 5.41 Å². The van der Waals surface area contributed by atoms with E-state index in [1.54, 1.807) is 12.1 Å². The van der Waals surface area contributed by atoms with Crippen LogP contribution in [-0.2, 0) is 5.41 Å². The van der Waals surface area contributed by atoms with E-state index in [0.717, 1.165) is 12.8 Å². The highest BCUT2D eigenvalue weighted by Crippen LogP contribution is 2.46. The zero-order valence-corrected chi connectivity index (χ0v) is 15.5. The lowest BCUT2D eigenvalue weighted by Gasteiger charge is -2.29. The molecule has 4 nitrogen and oxygen atoms in total. The molecule has 2 aromatic rings. The maximum absolute atomic E-state index is 10.7. The summed E-state index contributed by atoms with van der Waals surface area (Å²) >= 11 is 0. The summed E-state index contributed by atoms with van der Waals surface area (Å²) in [7, 11) is 0. The molecule has 0 aliphatic rings. The molecule has 0 radical (unpaired) electrons. The number of rotatable bonds is 8. The third-order valence-corrected chi connectivity index (χ3v) is 4.27. The molecule has 0 spiro atoms. The van der Waals surface area contributed by atoms with Gasteiger partial charge in [0.25, 0.3) is 0 Å². The number of hydrogen-bond acceptors (Lipinski definition) is 4. The quantitative estimate of drug-likeness (QED) is 0.707. The van der Waals surface area contributed by atoms with Crippen LogP contribution in [0.15, 0.2) is 36.4 Å². The summed E-state index contributed by atoms with van der Waals surface area (Å²) in [5.74, 6) is 1.15. The monoisotopic (exact) mass is 344 g/mol. The lowest BCUT2D eigenvalue weighted by molar-refractivity contribution is 0.293. The highest BCUT2D eigenvalue weighted by atomic mass is 16.5. The minimum absolute atomic E-state index is 0.111. The number of aromatic hydroxyl groups is 2. The lowest BCUT2D eigenvalue weighted by atomic mass is 9.77. The third kappa shape index (κ3) is 4.01. The predicted octanol–water partition coefficient (Wildman–Crippen LogP) is 5.00. The van der Waals surface area contributed by atoms with E-state index in [9.17, 15) is 10.2 Å². The average Bonchev–Trinajstić information content (AvgIpc) is 2.59.